The van der Waals surface area contributed by atoms with E-state index in [-0.39, 0.29) is 11.8 Å². The first-order valence-corrected chi connectivity index (χ1v) is 9.36. The number of carbonyl (C=O) groups excluding carboxylic acids is 1. The predicted molar refractivity (Wildman–Crippen MR) is 97.1 cm³/mol. The lowest BCUT2D eigenvalue weighted by atomic mass is 10.00. The van der Waals surface area contributed by atoms with Crippen LogP contribution in [0.3, 0.4) is 0 Å². The van der Waals surface area contributed by atoms with Gasteiger partial charge >= 0.3 is 0 Å². The number of aromatic nitrogens is 5. The standard InChI is InChI=1S/C19H20N6O3/c1-24-15-11-25(19(26)13-3-2-6-20-9-13)10-14(15)16(22-24)18-21-17(23-28-18)12-4-7-27-8-5-12/h2-3,6,9,12H,4-5,7-8,10-11H2,1H3. The van der Waals surface area contributed by atoms with E-state index in [4.69, 9.17) is 9.26 Å². The van der Waals surface area contributed by atoms with Gasteiger partial charge in [0.15, 0.2) is 11.5 Å². The minimum Gasteiger partial charge on any atom is -0.381 e. The Hall–Kier alpha value is -3.07. The van der Waals surface area contributed by atoms with Gasteiger partial charge in [-0.25, -0.2) is 0 Å². The van der Waals surface area contributed by atoms with E-state index in [2.05, 4.69) is 20.2 Å². The molecule has 0 radical (unpaired) electrons. The second-order valence-electron chi connectivity index (χ2n) is 7.14. The first-order valence-electron chi connectivity index (χ1n) is 9.36. The topological polar surface area (TPSA) is 99.2 Å². The van der Waals surface area contributed by atoms with E-state index in [1.54, 1.807) is 34.1 Å². The normalized spacial score (nSPS) is 17.1. The molecule has 0 aliphatic carbocycles. The van der Waals surface area contributed by atoms with Gasteiger partial charge in [-0.3, -0.25) is 14.5 Å². The van der Waals surface area contributed by atoms with Crippen LogP contribution in [0, 0.1) is 0 Å². The van der Waals surface area contributed by atoms with E-state index in [1.165, 1.54) is 0 Å². The van der Waals surface area contributed by atoms with Crippen molar-refractivity contribution in [3.63, 3.8) is 0 Å². The summed E-state index contributed by atoms with van der Waals surface area (Å²) in [5, 5.41) is 8.75. The maximum absolute atomic E-state index is 12.8. The summed E-state index contributed by atoms with van der Waals surface area (Å²) < 4.78 is 12.7. The zero-order valence-electron chi connectivity index (χ0n) is 15.5. The summed E-state index contributed by atoms with van der Waals surface area (Å²) in [4.78, 5) is 23.2. The van der Waals surface area contributed by atoms with Gasteiger partial charge in [-0.2, -0.15) is 10.1 Å². The average Bonchev–Trinajstić information content (AvgIpc) is 3.46. The summed E-state index contributed by atoms with van der Waals surface area (Å²) in [6.07, 6.45) is 5.03. The molecule has 1 amide bonds. The molecule has 2 aliphatic rings. The molecular weight excluding hydrogens is 360 g/mol. The maximum atomic E-state index is 12.8. The van der Waals surface area contributed by atoms with Crippen molar-refractivity contribution < 1.29 is 14.1 Å². The number of hydrogen-bond acceptors (Lipinski definition) is 7. The summed E-state index contributed by atoms with van der Waals surface area (Å²) in [6.45, 7) is 2.40. The largest absolute Gasteiger partial charge is 0.381 e. The van der Waals surface area contributed by atoms with E-state index in [0.717, 1.165) is 37.3 Å². The smallest absolute Gasteiger partial charge is 0.278 e. The number of rotatable bonds is 3. The fourth-order valence-corrected chi connectivity index (χ4v) is 3.83. The molecule has 0 bridgehead atoms. The van der Waals surface area contributed by atoms with Gasteiger partial charge in [0.25, 0.3) is 11.8 Å². The Kier molecular flexibility index (Phi) is 4.16. The number of ether oxygens (including phenoxy) is 1. The third kappa shape index (κ3) is 2.88. The van der Waals surface area contributed by atoms with Gasteiger partial charge in [0.1, 0.15) is 0 Å². The van der Waals surface area contributed by atoms with Gasteiger partial charge in [-0.1, -0.05) is 5.16 Å². The van der Waals surface area contributed by atoms with Crippen molar-refractivity contribution in [3.05, 3.63) is 47.2 Å². The van der Waals surface area contributed by atoms with Crippen molar-refractivity contribution in [1.29, 1.82) is 0 Å². The zero-order chi connectivity index (χ0) is 19.1. The van der Waals surface area contributed by atoms with E-state index < -0.39 is 0 Å². The number of hydrogen-bond donors (Lipinski definition) is 0. The summed E-state index contributed by atoms with van der Waals surface area (Å²) in [6, 6.07) is 3.54. The molecule has 0 aromatic carbocycles. The van der Waals surface area contributed by atoms with Gasteiger partial charge < -0.3 is 14.2 Å². The lowest BCUT2D eigenvalue weighted by Crippen LogP contribution is -2.26. The van der Waals surface area contributed by atoms with E-state index in [1.807, 2.05) is 7.05 Å². The Bertz CT molecular complexity index is 1010. The molecule has 0 saturated carbocycles. The van der Waals surface area contributed by atoms with Crippen molar-refractivity contribution in [2.45, 2.75) is 31.8 Å². The Morgan fingerprint density at radius 1 is 1.25 bits per heavy atom. The number of amides is 1. The van der Waals surface area contributed by atoms with Crippen LogP contribution in [0.1, 0.15) is 46.2 Å². The number of pyridine rings is 1. The van der Waals surface area contributed by atoms with Crippen LogP contribution in [0.25, 0.3) is 11.6 Å². The van der Waals surface area contributed by atoms with Crippen LogP contribution >= 0.6 is 0 Å². The van der Waals surface area contributed by atoms with Gasteiger partial charge in [-0.15, -0.1) is 0 Å². The van der Waals surface area contributed by atoms with Gasteiger partial charge in [0.05, 0.1) is 24.3 Å². The fourth-order valence-electron chi connectivity index (χ4n) is 3.83. The monoisotopic (exact) mass is 380 g/mol. The first-order chi connectivity index (χ1) is 13.7. The minimum atomic E-state index is -0.0522. The molecule has 3 aromatic heterocycles. The molecule has 2 aliphatic heterocycles. The third-order valence-electron chi connectivity index (χ3n) is 5.39. The molecule has 0 atom stereocenters. The van der Waals surface area contributed by atoms with Crippen LogP contribution < -0.4 is 0 Å². The molecule has 28 heavy (non-hydrogen) atoms. The van der Waals surface area contributed by atoms with Gasteiger partial charge in [0, 0.05) is 44.1 Å². The lowest BCUT2D eigenvalue weighted by molar-refractivity contribution is 0.0748. The van der Waals surface area contributed by atoms with Gasteiger partial charge in [-0.05, 0) is 25.0 Å². The lowest BCUT2D eigenvalue weighted by Gasteiger charge is -2.18. The second-order valence-corrected chi connectivity index (χ2v) is 7.14. The van der Waals surface area contributed by atoms with Crippen LogP contribution in [0.2, 0.25) is 0 Å². The summed E-state index contributed by atoms with van der Waals surface area (Å²) in [5.74, 6) is 1.32. The molecule has 144 valence electrons. The number of nitrogens with zero attached hydrogens (tertiary/aromatic N) is 6. The molecule has 3 aromatic rings. The number of aryl methyl sites for hydroxylation is 1. The second kappa shape index (κ2) is 6.83. The molecule has 1 fully saturated rings. The predicted octanol–water partition coefficient (Wildman–Crippen LogP) is 1.92. The molecule has 5 heterocycles. The first kappa shape index (κ1) is 17.1. The molecule has 1 saturated heterocycles. The van der Waals surface area contributed by atoms with Crippen LogP contribution in [0.4, 0.5) is 0 Å². The summed E-state index contributed by atoms with van der Waals surface area (Å²) in [7, 11) is 1.87. The van der Waals surface area contributed by atoms with Crippen molar-refractivity contribution in [2.75, 3.05) is 13.2 Å². The maximum Gasteiger partial charge on any atom is 0.278 e. The van der Waals surface area contributed by atoms with Crippen molar-refractivity contribution in [1.82, 2.24) is 29.8 Å². The Balaban J connectivity index is 1.41. The molecule has 0 N–H and O–H groups in total. The molecule has 0 unspecified atom stereocenters. The van der Waals surface area contributed by atoms with E-state index in [9.17, 15) is 4.79 Å². The van der Waals surface area contributed by atoms with Crippen molar-refractivity contribution >= 4 is 5.91 Å². The molecule has 9 heteroatoms. The van der Waals surface area contributed by atoms with Crippen LogP contribution in [0.15, 0.2) is 29.0 Å². The Morgan fingerprint density at radius 3 is 2.89 bits per heavy atom. The fraction of sp³-hybridized carbons (Fsp3) is 0.421. The van der Waals surface area contributed by atoms with Crippen LogP contribution in [0.5, 0.6) is 0 Å². The molecule has 9 nitrogen and oxygen atoms in total. The Labute approximate surface area is 161 Å². The third-order valence-corrected chi connectivity index (χ3v) is 5.39. The summed E-state index contributed by atoms with van der Waals surface area (Å²) in [5.41, 5.74) is 3.18. The van der Waals surface area contributed by atoms with Crippen molar-refractivity contribution in [2.24, 2.45) is 7.05 Å². The van der Waals surface area contributed by atoms with Crippen molar-refractivity contribution in [3.8, 4) is 11.6 Å². The van der Waals surface area contributed by atoms with E-state index in [0.29, 0.717) is 36.1 Å². The number of fused-ring (bicyclic) bond motifs is 1. The highest BCUT2D eigenvalue weighted by Crippen LogP contribution is 2.33. The highest BCUT2D eigenvalue weighted by atomic mass is 16.5. The van der Waals surface area contributed by atoms with Crippen LogP contribution in [-0.4, -0.2) is 48.9 Å². The highest BCUT2D eigenvalue weighted by molar-refractivity contribution is 5.94. The Morgan fingerprint density at radius 2 is 2.11 bits per heavy atom. The molecule has 5 rings (SSSR count). The summed E-state index contributed by atoms with van der Waals surface area (Å²) >= 11 is 0. The number of carbonyl (C=O) groups is 1. The quantitative estimate of drug-likeness (QED) is 0.684. The molecular formula is C19H20N6O3. The highest BCUT2D eigenvalue weighted by Gasteiger charge is 2.33. The zero-order valence-corrected chi connectivity index (χ0v) is 15.5. The van der Waals surface area contributed by atoms with E-state index >= 15 is 0 Å². The van der Waals surface area contributed by atoms with Gasteiger partial charge in [0.2, 0.25) is 0 Å². The average molecular weight is 380 g/mol. The molecule has 0 spiro atoms. The van der Waals surface area contributed by atoms with Crippen LogP contribution in [-0.2, 0) is 24.9 Å². The SMILES string of the molecule is Cn1nc(-c2nc(C3CCOCC3)no2)c2c1CN(C(=O)c1cccnc1)C2. The minimum absolute atomic E-state index is 0.0522.